The topological polar surface area (TPSA) is 26.3 Å². The second-order valence-electron chi connectivity index (χ2n) is 4.61. The van der Waals surface area contributed by atoms with Crippen molar-refractivity contribution in [2.24, 2.45) is 11.3 Å². The zero-order chi connectivity index (χ0) is 10.5. The summed E-state index contributed by atoms with van der Waals surface area (Å²) in [6, 6.07) is 0. The maximum absolute atomic E-state index is 11.4. The van der Waals surface area contributed by atoms with E-state index < -0.39 is 0 Å². The lowest BCUT2D eigenvalue weighted by Crippen LogP contribution is -2.27. The summed E-state index contributed by atoms with van der Waals surface area (Å²) in [5.41, 5.74) is 0.00327. The van der Waals surface area contributed by atoms with Gasteiger partial charge in [-0.3, -0.25) is 4.79 Å². The summed E-state index contributed by atoms with van der Waals surface area (Å²) in [7, 11) is 0. The molecule has 0 amide bonds. The first-order valence-corrected chi connectivity index (χ1v) is 5.06. The van der Waals surface area contributed by atoms with E-state index >= 15 is 0 Å². The van der Waals surface area contributed by atoms with Gasteiger partial charge in [0.1, 0.15) is 0 Å². The van der Waals surface area contributed by atoms with Crippen LogP contribution in [0.3, 0.4) is 0 Å². The van der Waals surface area contributed by atoms with Gasteiger partial charge in [-0.2, -0.15) is 0 Å². The van der Waals surface area contributed by atoms with Crippen LogP contribution in [0.25, 0.3) is 0 Å². The highest BCUT2D eigenvalue weighted by Gasteiger charge is 2.27. The lowest BCUT2D eigenvalue weighted by molar-refractivity contribution is -0.151. The van der Waals surface area contributed by atoms with E-state index in [1.807, 2.05) is 6.92 Å². The van der Waals surface area contributed by atoms with Crippen molar-refractivity contribution >= 4 is 5.97 Å². The molecule has 0 aliphatic rings. The molecule has 0 aliphatic heterocycles. The first kappa shape index (κ1) is 12.5. The van der Waals surface area contributed by atoms with E-state index in [1.54, 1.807) is 0 Å². The van der Waals surface area contributed by atoms with Gasteiger partial charge in [-0.05, 0) is 11.8 Å². The minimum Gasteiger partial charge on any atom is -0.465 e. The smallest absolute Gasteiger partial charge is 0.309 e. The molecule has 0 saturated carbocycles. The van der Waals surface area contributed by atoms with Crippen LogP contribution in [0.5, 0.6) is 0 Å². The molecule has 0 fully saturated rings. The Bertz CT molecular complexity index is 156. The molecule has 0 bridgehead atoms. The molecule has 0 rings (SSSR count). The molecule has 2 nitrogen and oxygen atoms in total. The lowest BCUT2D eigenvalue weighted by atomic mass is 9.82. The molecule has 0 spiro atoms. The molecular formula is C11H22O2. The quantitative estimate of drug-likeness (QED) is 0.498. The van der Waals surface area contributed by atoms with Gasteiger partial charge >= 0.3 is 5.97 Å². The van der Waals surface area contributed by atoms with E-state index in [4.69, 9.17) is 4.74 Å². The zero-order valence-electron chi connectivity index (χ0n) is 9.52. The van der Waals surface area contributed by atoms with Crippen LogP contribution in [0.1, 0.15) is 47.5 Å². The van der Waals surface area contributed by atoms with Crippen molar-refractivity contribution in [3.63, 3.8) is 0 Å². The third-order valence-corrected chi connectivity index (χ3v) is 2.39. The molecule has 13 heavy (non-hydrogen) atoms. The van der Waals surface area contributed by atoms with Crippen molar-refractivity contribution < 1.29 is 9.53 Å². The fourth-order valence-corrected chi connectivity index (χ4v) is 0.796. The van der Waals surface area contributed by atoms with E-state index in [0.717, 1.165) is 12.8 Å². The van der Waals surface area contributed by atoms with E-state index in [2.05, 4.69) is 27.7 Å². The van der Waals surface area contributed by atoms with Crippen LogP contribution in [0.2, 0.25) is 0 Å². The van der Waals surface area contributed by atoms with Gasteiger partial charge in [0.15, 0.2) is 0 Å². The molecule has 0 aromatic heterocycles. The Balaban J connectivity index is 3.84. The zero-order valence-corrected chi connectivity index (χ0v) is 9.52. The van der Waals surface area contributed by atoms with Crippen LogP contribution in [0, 0.1) is 11.3 Å². The maximum atomic E-state index is 11.4. The highest BCUT2D eigenvalue weighted by atomic mass is 16.5. The number of hydrogen-bond acceptors (Lipinski definition) is 2. The summed E-state index contributed by atoms with van der Waals surface area (Å²) < 4.78 is 5.13. The van der Waals surface area contributed by atoms with Gasteiger partial charge in [-0.25, -0.2) is 0 Å². The SMILES string of the molecule is CCCCOC(=O)C(C)C(C)(C)C. The standard InChI is InChI=1S/C11H22O2/c1-6-7-8-13-10(12)9(2)11(3,4)5/h9H,6-8H2,1-5H3. The Morgan fingerprint density at radius 1 is 1.38 bits per heavy atom. The number of carbonyl (C=O) groups is 1. The van der Waals surface area contributed by atoms with E-state index in [0.29, 0.717) is 6.61 Å². The Hall–Kier alpha value is -0.530. The molecule has 0 heterocycles. The molecule has 0 N–H and O–H groups in total. The Kier molecular flexibility index (Phi) is 5.04. The number of unbranched alkanes of at least 4 members (excludes halogenated alkanes) is 1. The largest absolute Gasteiger partial charge is 0.465 e. The van der Waals surface area contributed by atoms with Gasteiger partial charge in [0.25, 0.3) is 0 Å². The maximum Gasteiger partial charge on any atom is 0.309 e. The Morgan fingerprint density at radius 2 is 1.92 bits per heavy atom. The number of ether oxygens (including phenoxy) is 1. The number of esters is 1. The summed E-state index contributed by atoms with van der Waals surface area (Å²) in [4.78, 5) is 11.4. The van der Waals surface area contributed by atoms with Crippen molar-refractivity contribution in [1.82, 2.24) is 0 Å². The summed E-state index contributed by atoms with van der Waals surface area (Å²) in [5, 5.41) is 0. The fraction of sp³-hybridized carbons (Fsp3) is 0.909. The summed E-state index contributed by atoms with van der Waals surface area (Å²) in [6.45, 7) is 10.7. The molecule has 78 valence electrons. The van der Waals surface area contributed by atoms with Crippen LogP contribution in [0.15, 0.2) is 0 Å². The molecule has 0 aromatic rings. The molecule has 0 aromatic carbocycles. The highest BCUT2D eigenvalue weighted by Crippen LogP contribution is 2.26. The lowest BCUT2D eigenvalue weighted by Gasteiger charge is -2.25. The van der Waals surface area contributed by atoms with Crippen molar-refractivity contribution in [3.8, 4) is 0 Å². The van der Waals surface area contributed by atoms with Crippen molar-refractivity contribution in [2.45, 2.75) is 47.5 Å². The molecule has 2 heteroatoms. The van der Waals surface area contributed by atoms with Crippen molar-refractivity contribution in [3.05, 3.63) is 0 Å². The van der Waals surface area contributed by atoms with Crippen LogP contribution in [0.4, 0.5) is 0 Å². The number of hydrogen-bond donors (Lipinski definition) is 0. The minimum atomic E-state index is -0.0686. The molecule has 0 aliphatic carbocycles. The number of carbonyl (C=O) groups excluding carboxylic acids is 1. The first-order valence-electron chi connectivity index (χ1n) is 5.06. The molecule has 0 radical (unpaired) electrons. The summed E-state index contributed by atoms with van der Waals surface area (Å²) in [5.74, 6) is -0.0923. The van der Waals surface area contributed by atoms with Crippen LogP contribution in [-0.2, 0) is 9.53 Å². The average molecular weight is 186 g/mol. The molecular weight excluding hydrogens is 164 g/mol. The van der Waals surface area contributed by atoms with Crippen molar-refractivity contribution in [2.75, 3.05) is 6.61 Å². The van der Waals surface area contributed by atoms with E-state index in [1.165, 1.54) is 0 Å². The van der Waals surface area contributed by atoms with E-state index in [9.17, 15) is 4.79 Å². The summed E-state index contributed by atoms with van der Waals surface area (Å²) in [6.07, 6.45) is 2.03. The van der Waals surface area contributed by atoms with Gasteiger partial charge in [-0.15, -0.1) is 0 Å². The second-order valence-corrected chi connectivity index (χ2v) is 4.61. The predicted octanol–water partition coefficient (Wildman–Crippen LogP) is 3.01. The van der Waals surface area contributed by atoms with Crippen LogP contribution < -0.4 is 0 Å². The molecule has 0 saturated heterocycles. The van der Waals surface area contributed by atoms with Gasteiger partial charge in [0.05, 0.1) is 12.5 Å². The van der Waals surface area contributed by atoms with E-state index in [-0.39, 0.29) is 17.3 Å². The monoisotopic (exact) mass is 186 g/mol. The normalized spacial score (nSPS) is 13.9. The predicted molar refractivity (Wildman–Crippen MR) is 54.5 cm³/mol. The first-order chi connectivity index (χ1) is 5.89. The highest BCUT2D eigenvalue weighted by molar-refractivity contribution is 5.72. The van der Waals surface area contributed by atoms with Gasteiger partial charge < -0.3 is 4.74 Å². The minimum absolute atomic E-state index is 0.00327. The van der Waals surface area contributed by atoms with Crippen LogP contribution in [-0.4, -0.2) is 12.6 Å². The third-order valence-electron chi connectivity index (χ3n) is 2.39. The van der Waals surface area contributed by atoms with Gasteiger partial charge in [0, 0.05) is 0 Å². The fourth-order valence-electron chi connectivity index (χ4n) is 0.796. The molecule has 1 unspecified atom stereocenters. The Morgan fingerprint density at radius 3 is 2.31 bits per heavy atom. The molecule has 1 atom stereocenters. The van der Waals surface area contributed by atoms with Crippen molar-refractivity contribution in [1.29, 1.82) is 0 Å². The van der Waals surface area contributed by atoms with Gasteiger partial charge in [0.2, 0.25) is 0 Å². The Labute approximate surface area is 81.7 Å². The second kappa shape index (κ2) is 5.25. The third kappa shape index (κ3) is 4.91. The van der Waals surface area contributed by atoms with Crippen LogP contribution >= 0.6 is 0 Å². The summed E-state index contributed by atoms with van der Waals surface area (Å²) >= 11 is 0. The number of rotatable bonds is 4. The average Bonchev–Trinajstić information content (AvgIpc) is 2.01. The van der Waals surface area contributed by atoms with Gasteiger partial charge in [-0.1, -0.05) is 41.0 Å².